The predicted octanol–water partition coefficient (Wildman–Crippen LogP) is 2.79. The van der Waals surface area contributed by atoms with Crippen LogP contribution in [0.3, 0.4) is 0 Å². The van der Waals surface area contributed by atoms with Crippen LogP contribution in [-0.2, 0) is 18.0 Å². The van der Waals surface area contributed by atoms with Gasteiger partial charge in [-0.25, -0.2) is 0 Å². The fourth-order valence-electron chi connectivity index (χ4n) is 1.38. The Kier molecular flexibility index (Phi) is 5.03. The lowest BCUT2D eigenvalue weighted by molar-refractivity contribution is 0.0948. The van der Waals surface area contributed by atoms with Gasteiger partial charge in [0, 0.05) is 11.3 Å². The number of furan rings is 1. The Bertz CT molecular complexity index is 517. The van der Waals surface area contributed by atoms with E-state index in [9.17, 15) is 0 Å². The first-order chi connectivity index (χ1) is 8.88. The lowest BCUT2D eigenvalue weighted by Gasteiger charge is -1.98. The minimum Gasteiger partial charge on any atom is -0.467 e. The zero-order chi connectivity index (χ0) is 12.6. The molecule has 0 aliphatic rings. The third-order valence-corrected chi connectivity index (χ3v) is 3.15. The molecule has 0 atom stereocenters. The molecule has 0 unspecified atom stereocenters. The molecule has 0 aliphatic heterocycles. The maximum absolute atomic E-state index is 8.63. The third-order valence-electron chi connectivity index (χ3n) is 2.18. The first-order valence-electron chi connectivity index (χ1n) is 5.67. The van der Waals surface area contributed by atoms with Gasteiger partial charge in [-0.2, -0.15) is 0 Å². The second-order valence-electron chi connectivity index (χ2n) is 3.61. The minimum absolute atomic E-state index is 0.109. The summed E-state index contributed by atoms with van der Waals surface area (Å²) in [6, 6.07) is 7.72. The van der Waals surface area contributed by atoms with Crippen molar-refractivity contribution in [1.82, 2.24) is 0 Å². The Morgan fingerprint density at radius 3 is 3.00 bits per heavy atom. The highest BCUT2D eigenvalue weighted by atomic mass is 32.1. The molecule has 0 saturated carbocycles. The molecule has 2 rings (SSSR count). The van der Waals surface area contributed by atoms with E-state index in [1.807, 2.05) is 24.3 Å². The number of rotatable bonds is 5. The molecule has 0 amide bonds. The third kappa shape index (κ3) is 4.04. The van der Waals surface area contributed by atoms with Crippen LogP contribution in [0.5, 0.6) is 0 Å². The molecule has 2 aromatic rings. The maximum atomic E-state index is 8.63. The quantitative estimate of drug-likeness (QED) is 0.843. The molecule has 3 nitrogen and oxygen atoms in total. The number of thiophene rings is 1. The van der Waals surface area contributed by atoms with Gasteiger partial charge < -0.3 is 14.3 Å². The summed E-state index contributed by atoms with van der Waals surface area (Å²) in [6.07, 6.45) is 2.15. The average Bonchev–Trinajstić information content (AvgIpc) is 3.01. The van der Waals surface area contributed by atoms with Crippen LogP contribution in [0.2, 0.25) is 0 Å². The lowest BCUT2D eigenvalue weighted by atomic mass is 10.4. The van der Waals surface area contributed by atoms with Crippen molar-refractivity contribution in [3.8, 4) is 11.8 Å². The highest BCUT2D eigenvalue weighted by Crippen LogP contribution is 2.17. The zero-order valence-electron chi connectivity index (χ0n) is 9.89. The molecule has 18 heavy (non-hydrogen) atoms. The van der Waals surface area contributed by atoms with E-state index in [2.05, 4.69) is 11.8 Å². The molecule has 0 bridgehead atoms. The number of aliphatic hydroxyl groups is 1. The molecule has 0 aliphatic carbocycles. The fraction of sp³-hybridized carbons (Fsp3) is 0.286. The Morgan fingerprint density at radius 1 is 1.28 bits per heavy atom. The molecule has 2 aromatic heterocycles. The van der Waals surface area contributed by atoms with Gasteiger partial charge in [0.05, 0.1) is 24.4 Å². The first-order valence-corrected chi connectivity index (χ1v) is 6.48. The van der Waals surface area contributed by atoms with E-state index in [0.29, 0.717) is 19.6 Å². The fourth-order valence-corrected chi connectivity index (χ4v) is 2.20. The van der Waals surface area contributed by atoms with Crippen LogP contribution in [0, 0.1) is 11.8 Å². The van der Waals surface area contributed by atoms with Crippen molar-refractivity contribution < 1.29 is 14.3 Å². The second-order valence-corrected chi connectivity index (χ2v) is 4.78. The number of aliphatic hydroxyl groups excluding tert-OH is 1. The van der Waals surface area contributed by atoms with Crippen LogP contribution >= 0.6 is 11.3 Å². The van der Waals surface area contributed by atoms with E-state index in [1.54, 1.807) is 17.6 Å². The van der Waals surface area contributed by atoms with Gasteiger partial charge in [0.25, 0.3) is 0 Å². The molecule has 1 N–H and O–H groups in total. The van der Waals surface area contributed by atoms with Crippen LogP contribution in [0.4, 0.5) is 0 Å². The summed E-state index contributed by atoms with van der Waals surface area (Å²) in [5.41, 5.74) is 0. The summed E-state index contributed by atoms with van der Waals surface area (Å²) < 4.78 is 10.7. The molecule has 0 spiro atoms. The van der Waals surface area contributed by atoms with Crippen molar-refractivity contribution in [2.75, 3.05) is 6.61 Å². The number of hydrogen-bond acceptors (Lipinski definition) is 4. The summed E-state index contributed by atoms with van der Waals surface area (Å²) in [5.74, 6) is 6.73. The van der Waals surface area contributed by atoms with E-state index in [0.717, 1.165) is 15.5 Å². The second kappa shape index (κ2) is 7.02. The standard InChI is InChI=1S/C14H14O3S/c15-8-2-1-5-13-6-7-14(18-13)11-16-10-12-4-3-9-17-12/h3-4,6-7,9,15H,2,8,10-11H2. The smallest absolute Gasteiger partial charge is 0.129 e. The molecule has 2 heterocycles. The molecule has 4 heteroatoms. The van der Waals surface area contributed by atoms with Crippen molar-refractivity contribution in [2.45, 2.75) is 19.6 Å². The summed E-state index contributed by atoms with van der Waals surface area (Å²) in [6.45, 7) is 1.15. The number of ether oxygens (including phenoxy) is 1. The van der Waals surface area contributed by atoms with E-state index in [-0.39, 0.29) is 6.61 Å². The van der Waals surface area contributed by atoms with Gasteiger partial charge in [-0.15, -0.1) is 11.3 Å². The predicted molar refractivity (Wildman–Crippen MR) is 70.1 cm³/mol. The minimum atomic E-state index is 0.109. The van der Waals surface area contributed by atoms with E-state index in [4.69, 9.17) is 14.3 Å². The van der Waals surface area contributed by atoms with E-state index >= 15 is 0 Å². The van der Waals surface area contributed by atoms with Crippen molar-refractivity contribution in [3.63, 3.8) is 0 Å². The topological polar surface area (TPSA) is 42.6 Å². The molecule has 94 valence electrons. The molecular weight excluding hydrogens is 248 g/mol. The highest BCUT2D eigenvalue weighted by Gasteiger charge is 2.00. The summed E-state index contributed by atoms with van der Waals surface area (Å²) >= 11 is 1.61. The lowest BCUT2D eigenvalue weighted by Crippen LogP contribution is -1.90. The SMILES string of the molecule is OCCC#Cc1ccc(COCc2ccco2)s1. The largest absolute Gasteiger partial charge is 0.467 e. The van der Waals surface area contributed by atoms with E-state index in [1.165, 1.54) is 0 Å². The molecule has 0 saturated heterocycles. The van der Waals surface area contributed by atoms with Gasteiger partial charge >= 0.3 is 0 Å². The van der Waals surface area contributed by atoms with Crippen molar-refractivity contribution in [1.29, 1.82) is 0 Å². The van der Waals surface area contributed by atoms with Crippen LogP contribution in [0.15, 0.2) is 34.9 Å². The van der Waals surface area contributed by atoms with Crippen LogP contribution < -0.4 is 0 Å². The summed E-state index contributed by atoms with van der Waals surface area (Å²) in [4.78, 5) is 2.13. The normalized spacial score (nSPS) is 10.1. The highest BCUT2D eigenvalue weighted by molar-refractivity contribution is 7.12. The maximum Gasteiger partial charge on any atom is 0.129 e. The first kappa shape index (κ1) is 12.9. The molecular formula is C14H14O3S. The Balaban J connectivity index is 1.78. The Labute approximate surface area is 110 Å². The van der Waals surface area contributed by atoms with Gasteiger partial charge in [-0.3, -0.25) is 0 Å². The number of hydrogen-bond donors (Lipinski definition) is 1. The van der Waals surface area contributed by atoms with Crippen LogP contribution in [0.1, 0.15) is 21.9 Å². The van der Waals surface area contributed by atoms with Crippen LogP contribution in [0.25, 0.3) is 0 Å². The van der Waals surface area contributed by atoms with E-state index < -0.39 is 0 Å². The molecule has 0 aromatic carbocycles. The molecule has 0 radical (unpaired) electrons. The van der Waals surface area contributed by atoms with Crippen molar-refractivity contribution in [2.24, 2.45) is 0 Å². The molecule has 0 fully saturated rings. The monoisotopic (exact) mass is 262 g/mol. The van der Waals surface area contributed by atoms with Gasteiger partial charge in [-0.1, -0.05) is 11.8 Å². The zero-order valence-corrected chi connectivity index (χ0v) is 10.7. The Morgan fingerprint density at radius 2 is 2.22 bits per heavy atom. The van der Waals surface area contributed by atoms with Crippen molar-refractivity contribution >= 4 is 11.3 Å². The van der Waals surface area contributed by atoms with Crippen LogP contribution in [-0.4, -0.2) is 11.7 Å². The summed E-state index contributed by atoms with van der Waals surface area (Å²) in [7, 11) is 0. The Hall–Kier alpha value is -1.54. The average molecular weight is 262 g/mol. The van der Waals surface area contributed by atoms with Gasteiger partial charge in [0.2, 0.25) is 0 Å². The summed E-state index contributed by atoms with van der Waals surface area (Å²) in [5, 5.41) is 8.63. The van der Waals surface area contributed by atoms with Gasteiger partial charge in [0.1, 0.15) is 12.4 Å². The van der Waals surface area contributed by atoms with Crippen molar-refractivity contribution in [3.05, 3.63) is 46.0 Å². The van der Waals surface area contributed by atoms with Gasteiger partial charge in [0.15, 0.2) is 0 Å². The van der Waals surface area contributed by atoms with Gasteiger partial charge in [-0.05, 0) is 24.3 Å².